The van der Waals surface area contributed by atoms with Crippen LogP contribution in [-0.2, 0) is 4.74 Å². The van der Waals surface area contributed by atoms with Crippen LogP contribution in [0.15, 0.2) is 18.2 Å². The molecule has 1 heterocycles. The van der Waals surface area contributed by atoms with Gasteiger partial charge >= 0.3 is 0 Å². The number of hydrogen-bond acceptors (Lipinski definition) is 2. The van der Waals surface area contributed by atoms with E-state index in [1.165, 1.54) is 12.8 Å². The second-order valence-corrected chi connectivity index (χ2v) is 5.18. The maximum absolute atomic E-state index is 13.4. The Bertz CT molecular complexity index is 388. The molecule has 2 atom stereocenters. The fourth-order valence-corrected chi connectivity index (χ4v) is 2.44. The molecule has 1 aliphatic rings. The Hall–Kier alpha value is -0.930. The Labute approximate surface area is 108 Å². The average molecular weight is 251 g/mol. The number of hydrogen-bond donors (Lipinski definition) is 1. The molecule has 0 spiro atoms. The van der Waals surface area contributed by atoms with E-state index in [-0.39, 0.29) is 11.9 Å². The molecule has 0 amide bonds. The molecule has 1 aromatic rings. The van der Waals surface area contributed by atoms with Gasteiger partial charge in [-0.15, -0.1) is 0 Å². The lowest BCUT2D eigenvalue weighted by atomic mass is 9.99. The van der Waals surface area contributed by atoms with Gasteiger partial charge in [-0.1, -0.05) is 12.1 Å². The molecule has 2 nitrogen and oxygen atoms in total. The van der Waals surface area contributed by atoms with Crippen molar-refractivity contribution in [1.82, 2.24) is 0 Å². The summed E-state index contributed by atoms with van der Waals surface area (Å²) in [6, 6.07) is 5.22. The van der Waals surface area contributed by atoms with Crippen molar-refractivity contribution in [2.24, 2.45) is 5.73 Å². The lowest BCUT2D eigenvalue weighted by Crippen LogP contribution is -2.12. The van der Waals surface area contributed by atoms with Crippen molar-refractivity contribution in [1.29, 1.82) is 0 Å². The second-order valence-electron chi connectivity index (χ2n) is 5.18. The summed E-state index contributed by atoms with van der Waals surface area (Å²) in [4.78, 5) is 0. The third-order valence-electron chi connectivity index (χ3n) is 3.69. The summed E-state index contributed by atoms with van der Waals surface area (Å²) >= 11 is 0. The summed E-state index contributed by atoms with van der Waals surface area (Å²) in [5.74, 6) is -0.165. The molecule has 1 saturated heterocycles. The highest BCUT2D eigenvalue weighted by Gasteiger charge is 2.16. The minimum Gasteiger partial charge on any atom is -0.378 e. The highest BCUT2D eigenvalue weighted by Crippen LogP contribution is 2.22. The van der Waals surface area contributed by atoms with Gasteiger partial charge in [0, 0.05) is 12.6 Å². The topological polar surface area (TPSA) is 35.2 Å². The average Bonchev–Trinajstić information content (AvgIpc) is 2.85. The van der Waals surface area contributed by atoms with Gasteiger partial charge in [-0.05, 0) is 56.2 Å². The van der Waals surface area contributed by atoms with Gasteiger partial charge in [-0.2, -0.15) is 0 Å². The molecule has 2 unspecified atom stereocenters. The Kier molecular flexibility index (Phi) is 4.72. The van der Waals surface area contributed by atoms with Gasteiger partial charge < -0.3 is 10.5 Å². The van der Waals surface area contributed by atoms with Crippen LogP contribution in [0, 0.1) is 12.7 Å². The van der Waals surface area contributed by atoms with Gasteiger partial charge in [0.1, 0.15) is 5.82 Å². The number of ether oxygens (including phenoxy) is 1. The maximum Gasteiger partial charge on any atom is 0.126 e. The van der Waals surface area contributed by atoms with E-state index in [0.29, 0.717) is 11.7 Å². The molecule has 0 radical (unpaired) electrons. The van der Waals surface area contributed by atoms with Crippen molar-refractivity contribution in [2.45, 2.75) is 51.2 Å². The van der Waals surface area contributed by atoms with Crippen molar-refractivity contribution in [3.63, 3.8) is 0 Å². The molecule has 18 heavy (non-hydrogen) atoms. The van der Waals surface area contributed by atoms with E-state index in [1.54, 1.807) is 19.1 Å². The third-order valence-corrected chi connectivity index (χ3v) is 3.69. The Morgan fingerprint density at radius 3 is 3.00 bits per heavy atom. The van der Waals surface area contributed by atoms with Crippen molar-refractivity contribution >= 4 is 0 Å². The first-order chi connectivity index (χ1) is 8.66. The quantitative estimate of drug-likeness (QED) is 0.869. The SMILES string of the molecule is Cc1ccc(C(N)CCCC2CCCO2)cc1F. The number of halogens is 1. The molecule has 1 aromatic carbocycles. The fourth-order valence-electron chi connectivity index (χ4n) is 2.44. The molecule has 2 N–H and O–H groups in total. The van der Waals surface area contributed by atoms with Crippen LogP contribution in [0.2, 0.25) is 0 Å². The van der Waals surface area contributed by atoms with Crippen molar-refractivity contribution < 1.29 is 9.13 Å². The largest absolute Gasteiger partial charge is 0.378 e. The van der Waals surface area contributed by atoms with Crippen LogP contribution < -0.4 is 5.73 Å². The minimum absolute atomic E-state index is 0.0681. The zero-order valence-corrected chi connectivity index (χ0v) is 11.0. The molecule has 2 rings (SSSR count). The lowest BCUT2D eigenvalue weighted by Gasteiger charge is -2.14. The van der Waals surface area contributed by atoms with Crippen LogP contribution in [-0.4, -0.2) is 12.7 Å². The zero-order chi connectivity index (χ0) is 13.0. The van der Waals surface area contributed by atoms with E-state index in [2.05, 4.69) is 0 Å². The highest BCUT2D eigenvalue weighted by atomic mass is 19.1. The van der Waals surface area contributed by atoms with Gasteiger partial charge in [0.2, 0.25) is 0 Å². The van der Waals surface area contributed by atoms with E-state index in [4.69, 9.17) is 10.5 Å². The first-order valence-electron chi connectivity index (χ1n) is 6.80. The van der Waals surface area contributed by atoms with Crippen molar-refractivity contribution in [2.75, 3.05) is 6.61 Å². The summed E-state index contributed by atoms with van der Waals surface area (Å²) < 4.78 is 19.0. The number of aryl methyl sites for hydroxylation is 1. The summed E-state index contributed by atoms with van der Waals surface area (Å²) in [7, 11) is 0. The number of benzene rings is 1. The molecule has 100 valence electrons. The van der Waals surface area contributed by atoms with Crippen LogP contribution >= 0.6 is 0 Å². The van der Waals surface area contributed by atoms with Crippen LogP contribution in [0.1, 0.15) is 49.3 Å². The summed E-state index contributed by atoms with van der Waals surface area (Å²) in [6.45, 7) is 2.67. The van der Waals surface area contributed by atoms with Crippen molar-refractivity contribution in [3.8, 4) is 0 Å². The van der Waals surface area contributed by atoms with E-state index in [0.717, 1.165) is 31.4 Å². The monoisotopic (exact) mass is 251 g/mol. The normalized spacial score (nSPS) is 21.2. The summed E-state index contributed by atoms with van der Waals surface area (Å²) in [6.07, 6.45) is 5.78. The zero-order valence-electron chi connectivity index (χ0n) is 11.0. The molecule has 0 saturated carbocycles. The predicted molar refractivity (Wildman–Crippen MR) is 70.9 cm³/mol. The molecule has 1 aliphatic heterocycles. The molecule has 1 fully saturated rings. The van der Waals surface area contributed by atoms with E-state index >= 15 is 0 Å². The van der Waals surface area contributed by atoms with Gasteiger partial charge in [0.15, 0.2) is 0 Å². The van der Waals surface area contributed by atoms with Crippen LogP contribution in [0.4, 0.5) is 4.39 Å². The van der Waals surface area contributed by atoms with Crippen molar-refractivity contribution in [3.05, 3.63) is 35.1 Å². The smallest absolute Gasteiger partial charge is 0.126 e. The van der Waals surface area contributed by atoms with Crippen LogP contribution in [0.25, 0.3) is 0 Å². The van der Waals surface area contributed by atoms with E-state index in [9.17, 15) is 4.39 Å². The first-order valence-corrected chi connectivity index (χ1v) is 6.80. The molecule has 0 bridgehead atoms. The predicted octanol–water partition coefficient (Wildman–Crippen LogP) is 3.48. The standard InChI is InChI=1S/C15H22FNO/c1-11-7-8-12(10-14(11)16)15(17)6-2-4-13-5-3-9-18-13/h7-8,10,13,15H,2-6,9,17H2,1H3. The van der Waals surface area contributed by atoms with E-state index < -0.39 is 0 Å². The molecule has 0 aliphatic carbocycles. The van der Waals surface area contributed by atoms with Gasteiger partial charge in [-0.3, -0.25) is 0 Å². The highest BCUT2D eigenvalue weighted by molar-refractivity contribution is 5.25. The Balaban J connectivity index is 1.79. The Morgan fingerprint density at radius 2 is 2.33 bits per heavy atom. The minimum atomic E-state index is -0.165. The lowest BCUT2D eigenvalue weighted by molar-refractivity contribution is 0.101. The number of nitrogens with two attached hydrogens (primary N) is 1. The third kappa shape index (κ3) is 3.53. The maximum atomic E-state index is 13.4. The molecular formula is C15H22FNO. The van der Waals surface area contributed by atoms with Gasteiger partial charge in [0.25, 0.3) is 0 Å². The summed E-state index contributed by atoms with van der Waals surface area (Å²) in [5, 5.41) is 0. The van der Waals surface area contributed by atoms with Crippen LogP contribution in [0.5, 0.6) is 0 Å². The number of rotatable bonds is 5. The van der Waals surface area contributed by atoms with Gasteiger partial charge in [0.05, 0.1) is 6.10 Å². The van der Waals surface area contributed by atoms with E-state index in [1.807, 2.05) is 6.07 Å². The van der Waals surface area contributed by atoms with Gasteiger partial charge in [-0.25, -0.2) is 4.39 Å². The molecular weight excluding hydrogens is 229 g/mol. The Morgan fingerprint density at radius 1 is 1.50 bits per heavy atom. The van der Waals surface area contributed by atoms with Crippen LogP contribution in [0.3, 0.4) is 0 Å². The first kappa shape index (κ1) is 13.5. The summed E-state index contributed by atoms with van der Waals surface area (Å²) in [5.41, 5.74) is 7.66. The fraction of sp³-hybridized carbons (Fsp3) is 0.600. The second kappa shape index (κ2) is 6.30. The molecule has 3 heteroatoms. The molecule has 0 aromatic heterocycles.